The summed E-state index contributed by atoms with van der Waals surface area (Å²) in [7, 11) is 0. The van der Waals surface area contributed by atoms with Crippen LogP contribution in [0.25, 0.3) is 0 Å². The predicted octanol–water partition coefficient (Wildman–Crippen LogP) is 3.41. The molecule has 0 spiro atoms. The maximum absolute atomic E-state index is 6.52. The van der Waals surface area contributed by atoms with Crippen LogP contribution < -0.4 is 5.73 Å². The zero-order valence-electron chi connectivity index (χ0n) is 12.7. The lowest BCUT2D eigenvalue weighted by Gasteiger charge is -2.32. The average molecular weight is 252 g/mol. The van der Waals surface area contributed by atoms with Crippen molar-refractivity contribution < 1.29 is 0 Å². The average Bonchev–Trinajstić information content (AvgIpc) is 2.54. The molecule has 18 heavy (non-hydrogen) atoms. The first-order valence-corrected chi connectivity index (χ1v) is 7.90. The molecule has 2 rings (SSSR count). The van der Waals surface area contributed by atoms with E-state index in [1.165, 1.54) is 58.0 Å². The second kappa shape index (κ2) is 5.50. The summed E-state index contributed by atoms with van der Waals surface area (Å²) >= 11 is 0. The minimum absolute atomic E-state index is 0.140. The second-order valence-corrected chi connectivity index (χ2v) is 7.84. The van der Waals surface area contributed by atoms with Crippen molar-refractivity contribution >= 4 is 0 Å². The summed E-state index contributed by atoms with van der Waals surface area (Å²) in [5.74, 6) is 0.889. The van der Waals surface area contributed by atoms with Gasteiger partial charge in [-0.1, -0.05) is 33.6 Å². The van der Waals surface area contributed by atoms with Gasteiger partial charge in [-0.3, -0.25) is 0 Å². The molecule has 2 heteroatoms. The molecule has 2 N–H and O–H groups in total. The number of hydrogen-bond acceptors (Lipinski definition) is 2. The van der Waals surface area contributed by atoms with Crippen molar-refractivity contribution in [2.24, 2.45) is 17.1 Å². The summed E-state index contributed by atoms with van der Waals surface area (Å²) in [6, 6.07) is 0. The fraction of sp³-hybridized carbons (Fsp3) is 1.00. The van der Waals surface area contributed by atoms with Crippen LogP contribution in [0.2, 0.25) is 0 Å². The Morgan fingerprint density at radius 3 is 2.33 bits per heavy atom. The topological polar surface area (TPSA) is 29.3 Å². The maximum Gasteiger partial charge on any atom is 0.0283 e. The highest BCUT2D eigenvalue weighted by molar-refractivity contribution is 4.92. The minimum Gasteiger partial charge on any atom is -0.324 e. The molecule has 1 heterocycles. The predicted molar refractivity (Wildman–Crippen MR) is 78.6 cm³/mol. The van der Waals surface area contributed by atoms with Crippen LogP contribution in [0, 0.1) is 11.3 Å². The van der Waals surface area contributed by atoms with Crippen LogP contribution in [0.5, 0.6) is 0 Å². The van der Waals surface area contributed by atoms with E-state index in [9.17, 15) is 0 Å². The van der Waals surface area contributed by atoms with Crippen molar-refractivity contribution in [3.63, 3.8) is 0 Å². The van der Waals surface area contributed by atoms with Crippen LogP contribution in [-0.2, 0) is 0 Å². The summed E-state index contributed by atoms with van der Waals surface area (Å²) in [5, 5.41) is 0. The molecule has 0 amide bonds. The highest BCUT2D eigenvalue weighted by atomic mass is 15.1. The first kappa shape index (κ1) is 14.3. The highest BCUT2D eigenvalue weighted by Gasteiger charge is 2.33. The number of likely N-dealkylation sites (tertiary alicyclic amines) is 1. The fourth-order valence-electron chi connectivity index (χ4n) is 3.86. The molecule has 2 fully saturated rings. The van der Waals surface area contributed by atoms with E-state index in [2.05, 4.69) is 25.7 Å². The molecule has 0 aromatic heterocycles. The molecule has 0 aromatic rings. The van der Waals surface area contributed by atoms with Crippen LogP contribution in [0.3, 0.4) is 0 Å². The normalized spacial score (nSPS) is 30.3. The minimum atomic E-state index is 0.140. The van der Waals surface area contributed by atoms with Gasteiger partial charge in [-0.15, -0.1) is 0 Å². The molecular formula is C16H32N2. The van der Waals surface area contributed by atoms with Gasteiger partial charge in [-0.25, -0.2) is 0 Å². The Bertz CT molecular complexity index is 261. The Morgan fingerprint density at radius 1 is 1.06 bits per heavy atom. The van der Waals surface area contributed by atoms with Gasteiger partial charge in [0.1, 0.15) is 0 Å². The molecule has 0 bridgehead atoms. The van der Waals surface area contributed by atoms with Crippen molar-refractivity contribution in [1.29, 1.82) is 0 Å². The SMILES string of the molecule is CC(C)(C)C1CCCN(CC2(N)CCCC2)CC1. The van der Waals surface area contributed by atoms with Crippen LogP contribution in [0.1, 0.15) is 65.7 Å². The van der Waals surface area contributed by atoms with Crippen LogP contribution in [-0.4, -0.2) is 30.1 Å². The lowest BCUT2D eigenvalue weighted by Crippen LogP contribution is -2.48. The summed E-state index contributed by atoms with van der Waals surface area (Å²) < 4.78 is 0. The number of nitrogens with two attached hydrogens (primary N) is 1. The quantitative estimate of drug-likeness (QED) is 0.816. The molecule has 1 aliphatic heterocycles. The van der Waals surface area contributed by atoms with Gasteiger partial charge in [-0.2, -0.15) is 0 Å². The first-order valence-electron chi connectivity index (χ1n) is 7.90. The number of nitrogens with zero attached hydrogens (tertiary/aromatic N) is 1. The van der Waals surface area contributed by atoms with Gasteiger partial charge in [0.05, 0.1) is 0 Å². The third-order valence-electron chi connectivity index (χ3n) is 5.18. The van der Waals surface area contributed by atoms with E-state index in [1.807, 2.05) is 0 Å². The molecule has 0 radical (unpaired) electrons. The standard InChI is InChI=1S/C16H32N2/c1-15(2,3)14-7-6-11-18(12-8-14)13-16(17)9-4-5-10-16/h14H,4-13,17H2,1-3H3. The molecule has 2 nitrogen and oxygen atoms in total. The molecule has 1 saturated heterocycles. The molecule has 1 aliphatic carbocycles. The molecule has 0 aromatic carbocycles. The highest BCUT2D eigenvalue weighted by Crippen LogP contribution is 2.35. The van der Waals surface area contributed by atoms with Gasteiger partial charge < -0.3 is 10.6 Å². The molecule has 2 aliphatic rings. The monoisotopic (exact) mass is 252 g/mol. The maximum atomic E-state index is 6.52. The van der Waals surface area contributed by atoms with Gasteiger partial charge in [-0.05, 0) is 56.5 Å². The summed E-state index contributed by atoms with van der Waals surface area (Å²) in [6.07, 6.45) is 9.29. The summed E-state index contributed by atoms with van der Waals surface area (Å²) in [6.45, 7) is 10.9. The number of hydrogen-bond donors (Lipinski definition) is 1. The third kappa shape index (κ3) is 3.71. The van der Waals surface area contributed by atoms with E-state index in [4.69, 9.17) is 5.73 Å². The fourth-order valence-corrected chi connectivity index (χ4v) is 3.86. The second-order valence-electron chi connectivity index (χ2n) is 7.84. The van der Waals surface area contributed by atoms with Crippen molar-refractivity contribution in [3.8, 4) is 0 Å². The van der Waals surface area contributed by atoms with Crippen molar-refractivity contribution in [2.45, 2.75) is 71.3 Å². The lowest BCUT2D eigenvalue weighted by molar-refractivity contribution is 0.191. The summed E-state index contributed by atoms with van der Waals surface area (Å²) in [5.41, 5.74) is 7.14. The van der Waals surface area contributed by atoms with E-state index < -0.39 is 0 Å². The third-order valence-corrected chi connectivity index (χ3v) is 5.18. The van der Waals surface area contributed by atoms with E-state index >= 15 is 0 Å². The van der Waals surface area contributed by atoms with Crippen molar-refractivity contribution in [2.75, 3.05) is 19.6 Å². The Morgan fingerprint density at radius 2 is 1.72 bits per heavy atom. The van der Waals surface area contributed by atoms with Gasteiger partial charge in [0, 0.05) is 12.1 Å². The molecular weight excluding hydrogens is 220 g/mol. The van der Waals surface area contributed by atoms with Crippen molar-refractivity contribution in [1.82, 2.24) is 4.90 Å². The lowest BCUT2D eigenvalue weighted by atomic mass is 9.77. The zero-order chi connectivity index (χ0) is 13.2. The first-order chi connectivity index (χ1) is 8.39. The van der Waals surface area contributed by atoms with Gasteiger partial charge >= 0.3 is 0 Å². The Hall–Kier alpha value is -0.0800. The van der Waals surface area contributed by atoms with E-state index in [0.717, 1.165) is 12.5 Å². The Labute approximate surface area is 113 Å². The van der Waals surface area contributed by atoms with E-state index in [-0.39, 0.29) is 5.54 Å². The van der Waals surface area contributed by atoms with Gasteiger partial charge in [0.25, 0.3) is 0 Å². The Balaban J connectivity index is 1.85. The molecule has 106 valence electrons. The largest absolute Gasteiger partial charge is 0.324 e. The van der Waals surface area contributed by atoms with E-state index in [0.29, 0.717) is 5.41 Å². The van der Waals surface area contributed by atoms with Crippen LogP contribution in [0.15, 0.2) is 0 Å². The zero-order valence-corrected chi connectivity index (χ0v) is 12.7. The smallest absolute Gasteiger partial charge is 0.0283 e. The van der Waals surface area contributed by atoms with Crippen LogP contribution in [0.4, 0.5) is 0 Å². The number of rotatable bonds is 2. The molecule has 1 unspecified atom stereocenters. The molecule has 1 saturated carbocycles. The Kier molecular flexibility index (Phi) is 4.38. The van der Waals surface area contributed by atoms with Gasteiger partial charge in [0.15, 0.2) is 0 Å². The summed E-state index contributed by atoms with van der Waals surface area (Å²) in [4.78, 5) is 2.65. The van der Waals surface area contributed by atoms with E-state index in [1.54, 1.807) is 0 Å². The van der Waals surface area contributed by atoms with Gasteiger partial charge in [0.2, 0.25) is 0 Å². The van der Waals surface area contributed by atoms with Crippen LogP contribution >= 0.6 is 0 Å². The molecule has 1 atom stereocenters. The van der Waals surface area contributed by atoms with Crippen molar-refractivity contribution in [3.05, 3.63) is 0 Å².